The summed E-state index contributed by atoms with van der Waals surface area (Å²) in [4.78, 5) is 21.7. The maximum absolute atomic E-state index is 11.2. The first-order valence-corrected chi connectivity index (χ1v) is 6.93. The van der Waals surface area contributed by atoms with Gasteiger partial charge in [-0.3, -0.25) is 4.79 Å². The fourth-order valence-corrected chi connectivity index (χ4v) is 2.39. The Hall–Kier alpha value is -2.47. The molecule has 1 aromatic carbocycles. The highest BCUT2D eigenvalue weighted by atomic mass is 16.1. The highest BCUT2D eigenvalue weighted by Crippen LogP contribution is 2.20. The number of rotatable bonds is 4. The van der Waals surface area contributed by atoms with Gasteiger partial charge in [0, 0.05) is 31.5 Å². The van der Waals surface area contributed by atoms with E-state index in [1.807, 2.05) is 36.4 Å². The lowest BCUT2D eigenvalue weighted by Gasteiger charge is -2.32. The molecule has 0 saturated carbocycles. The van der Waals surface area contributed by atoms with Gasteiger partial charge in [0.15, 0.2) is 0 Å². The van der Waals surface area contributed by atoms with Crippen molar-refractivity contribution in [3.63, 3.8) is 0 Å². The molecule has 1 aliphatic rings. The molecular weight excluding hydrogens is 266 g/mol. The van der Waals surface area contributed by atoms with Crippen molar-refractivity contribution in [1.82, 2.24) is 20.2 Å². The fraction of sp³-hybridized carbons (Fsp3) is 0.267. The number of aromatic nitrogens is 2. The summed E-state index contributed by atoms with van der Waals surface area (Å²) in [5.41, 5.74) is 1.77. The van der Waals surface area contributed by atoms with Crippen LogP contribution < -0.4 is 10.6 Å². The van der Waals surface area contributed by atoms with Gasteiger partial charge in [-0.2, -0.15) is 0 Å². The molecule has 0 bridgehead atoms. The van der Waals surface area contributed by atoms with Crippen molar-refractivity contribution in [2.45, 2.75) is 6.04 Å². The lowest BCUT2D eigenvalue weighted by atomic mass is 10.1. The van der Waals surface area contributed by atoms with Crippen LogP contribution in [0.4, 0.5) is 11.6 Å². The van der Waals surface area contributed by atoms with Gasteiger partial charge in [-0.05, 0) is 18.2 Å². The summed E-state index contributed by atoms with van der Waals surface area (Å²) >= 11 is 0. The van der Waals surface area contributed by atoms with Crippen molar-refractivity contribution < 1.29 is 4.79 Å². The summed E-state index contributed by atoms with van der Waals surface area (Å²) in [7, 11) is 0. The third-order valence-corrected chi connectivity index (χ3v) is 3.47. The molecule has 1 saturated heterocycles. The van der Waals surface area contributed by atoms with Crippen molar-refractivity contribution in [2.24, 2.45) is 0 Å². The number of hydrogen-bond acceptors (Lipinski definition) is 5. The van der Waals surface area contributed by atoms with Crippen molar-refractivity contribution in [3.05, 3.63) is 48.3 Å². The molecule has 2 heterocycles. The molecule has 2 N–H and O–H groups in total. The topological polar surface area (TPSA) is 70.2 Å². The number of para-hydroxylation sites is 1. The Balaban J connectivity index is 1.81. The van der Waals surface area contributed by atoms with Crippen LogP contribution in [0.15, 0.2) is 42.6 Å². The Labute approximate surface area is 123 Å². The molecule has 1 atom stereocenters. The third kappa shape index (κ3) is 3.17. The minimum absolute atomic E-state index is 0.0458. The predicted octanol–water partition coefficient (Wildman–Crippen LogP) is 1.32. The van der Waals surface area contributed by atoms with Crippen molar-refractivity contribution in [2.75, 3.05) is 25.0 Å². The summed E-state index contributed by atoms with van der Waals surface area (Å²) in [6.07, 6.45) is 2.60. The Kier molecular flexibility index (Phi) is 4.07. The number of amides is 1. The van der Waals surface area contributed by atoms with Crippen LogP contribution in [0.5, 0.6) is 0 Å². The van der Waals surface area contributed by atoms with E-state index in [1.165, 1.54) is 0 Å². The summed E-state index contributed by atoms with van der Waals surface area (Å²) in [5, 5.41) is 6.45. The van der Waals surface area contributed by atoms with E-state index < -0.39 is 0 Å². The second-order valence-corrected chi connectivity index (χ2v) is 4.86. The molecule has 1 aromatic heterocycles. The lowest BCUT2D eigenvalue weighted by Crippen LogP contribution is -2.45. The molecule has 0 radical (unpaired) electrons. The monoisotopic (exact) mass is 283 g/mol. The molecular formula is C15H17N5O. The molecule has 1 unspecified atom stereocenters. The number of piperazine rings is 1. The summed E-state index contributed by atoms with van der Waals surface area (Å²) in [6, 6.07) is 11.6. The highest BCUT2D eigenvalue weighted by Gasteiger charge is 2.23. The van der Waals surface area contributed by atoms with Gasteiger partial charge < -0.3 is 15.5 Å². The van der Waals surface area contributed by atoms with Crippen molar-refractivity contribution >= 4 is 18.0 Å². The van der Waals surface area contributed by atoms with E-state index in [9.17, 15) is 4.79 Å². The Morgan fingerprint density at radius 1 is 1.29 bits per heavy atom. The van der Waals surface area contributed by atoms with Crippen molar-refractivity contribution in [1.29, 1.82) is 0 Å². The maximum atomic E-state index is 11.2. The SMILES string of the molecule is O=CN1CCNCC1c1ccnc(Nc2ccccc2)n1. The molecule has 1 amide bonds. The van der Waals surface area contributed by atoms with E-state index in [2.05, 4.69) is 20.6 Å². The standard InChI is InChI=1S/C15H17N5O/c21-11-20-9-8-16-10-14(20)13-6-7-17-15(19-13)18-12-4-2-1-3-5-12/h1-7,11,14,16H,8-10H2,(H,17,18,19). The highest BCUT2D eigenvalue weighted by molar-refractivity contribution is 5.53. The average molecular weight is 283 g/mol. The van der Waals surface area contributed by atoms with Gasteiger partial charge in [0.1, 0.15) is 0 Å². The maximum Gasteiger partial charge on any atom is 0.227 e. The van der Waals surface area contributed by atoms with Crippen LogP contribution in [-0.2, 0) is 4.79 Å². The quantitative estimate of drug-likeness (QED) is 0.828. The van der Waals surface area contributed by atoms with Crippen LogP contribution in [0.1, 0.15) is 11.7 Å². The molecule has 2 aromatic rings. The number of nitrogens with zero attached hydrogens (tertiary/aromatic N) is 3. The summed E-state index contributed by atoms with van der Waals surface area (Å²) in [6.45, 7) is 2.22. The fourth-order valence-electron chi connectivity index (χ4n) is 2.39. The first kappa shape index (κ1) is 13.5. The van der Waals surface area contributed by atoms with Crippen LogP contribution in [0, 0.1) is 0 Å². The average Bonchev–Trinajstić information content (AvgIpc) is 2.56. The van der Waals surface area contributed by atoms with Crippen LogP contribution >= 0.6 is 0 Å². The van der Waals surface area contributed by atoms with Crippen molar-refractivity contribution in [3.8, 4) is 0 Å². The first-order valence-electron chi connectivity index (χ1n) is 6.93. The van der Waals surface area contributed by atoms with Gasteiger partial charge >= 0.3 is 0 Å². The molecule has 3 rings (SSSR count). The number of hydrogen-bond donors (Lipinski definition) is 2. The second-order valence-electron chi connectivity index (χ2n) is 4.86. The Morgan fingerprint density at radius 3 is 2.95 bits per heavy atom. The van der Waals surface area contributed by atoms with Gasteiger partial charge in [-0.1, -0.05) is 18.2 Å². The van der Waals surface area contributed by atoms with E-state index >= 15 is 0 Å². The summed E-state index contributed by atoms with van der Waals surface area (Å²) in [5.74, 6) is 0.537. The number of carbonyl (C=O) groups excluding carboxylic acids is 1. The predicted molar refractivity (Wildman–Crippen MR) is 80.1 cm³/mol. The van der Waals surface area contributed by atoms with E-state index in [1.54, 1.807) is 11.1 Å². The van der Waals surface area contributed by atoms with Crippen LogP contribution in [-0.4, -0.2) is 40.9 Å². The lowest BCUT2D eigenvalue weighted by molar-refractivity contribution is -0.121. The molecule has 108 valence electrons. The molecule has 6 nitrogen and oxygen atoms in total. The Bertz CT molecular complexity index is 604. The van der Waals surface area contributed by atoms with Gasteiger partial charge in [-0.15, -0.1) is 0 Å². The zero-order valence-corrected chi connectivity index (χ0v) is 11.6. The Morgan fingerprint density at radius 2 is 2.14 bits per heavy atom. The first-order chi connectivity index (χ1) is 10.4. The third-order valence-electron chi connectivity index (χ3n) is 3.47. The van der Waals surface area contributed by atoms with E-state index in [-0.39, 0.29) is 6.04 Å². The smallest absolute Gasteiger partial charge is 0.227 e. The van der Waals surface area contributed by atoms with Crippen LogP contribution in [0.3, 0.4) is 0 Å². The molecule has 21 heavy (non-hydrogen) atoms. The van der Waals surface area contributed by atoms with E-state index in [0.717, 1.165) is 24.3 Å². The van der Waals surface area contributed by atoms with Gasteiger partial charge in [0.05, 0.1) is 11.7 Å². The normalized spacial score (nSPS) is 18.3. The molecule has 0 spiro atoms. The minimum Gasteiger partial charge on any atom is -0.334 e. The van der Waals surface area contributed by atoms with Gasteiger partial charge in [-0.25, -0.2) is 9.97 Å². The van der Waals surface area contributed by atoms with E-state index in [4.69, 9.17) is 0 Å². The second kappa shape index (κ2) is 6.32. The summed E-state index contributed by atoms with van der Waals surface area (Å²) < 4.78 is 0. The molecule has 1 fully saturated rings. The number of benzene rings is 1. The molecule has 6 heteroatoms. The largest absolute Gasteiger partial charge is 0.334 e. The van der Waals surface area contributed by atoms with E-state index in [0.29, 0.717) is 19.0 Å². The van der Waals surface area contributed by atoms with Gasteiger partial charge in [0.25, 0.3) is 0 Å². The number of anilines is 2. The zero-order valence-electron chi connectivity index (χ0n) is 11.6. The molecule has 1 aliphatic heterocycles. The van der Waals surface area contributed by atoms with Gasteiger partial charge in [0.2, 0.25) is 12.4 Å². The molecule has 0 aliphatic carbocycles. The van der Waals surface area contributed by atoms with Crippen LogP contribution in [0.25, 0.3) is 0 Å². The zero-order chi connectivity index (χ0) is 14.5. The van der Waals surface area contributed by atoms with Crippen LogP contribution in [0.2, 0.25) is 0 Å². The minimum atomic E-state index is -0.0458. The number of nitrogens with one attached hydrogen (secondary N) is 2. The number of carbonyl (C=O) groups is 1.